The molecule has 7 nitrogen and oxygen atoms in total. The molecule has 2 saturated heterocycles. The molecule has 0 aliphatic carbocycles. The average molecular weight is 381 g/mol. The molecule has 2 atom stereocenters. The molecule has 4 heterocycles. The van der Waals surface area contributed by atoms with Gasteiger partial charge in [0.15, 0.2) is 0 Å². The summed E-state index contributed by atoms with van der Waals surface area (Å²) < 4.78 is 8.04. The lowest BCUT2D eigenvalue weighted by Crippen LogP contribution is -2.60. The van der Waals surface area contributed by atoms with E-state index in [2.05, 4.69) is 44.0 Å². The van der Waals surface area contributed by atoms with E-state index in [1.807, 2.05) is 17.2 Å². The normalized spacial score (nSPS) is 25.6. The second-order valence-corrected chi connectivity index (χ2v) is 7.84. The number of imidazole rings is 1. The van der Waals surface area contributed by atoms with Crippen molar-refractivity contribution < 1.29 is 9.53 Å². The van der Waals surface area contributed by atoms with Crippen LogP contribution in [0.5, 0.6) is 0 Å². The average Bonchev–Trinajstić information content (AvgIpc) is 3.03. The van der Waals surface area contributed by atoms with Gasteiger partial charge in [-0.05, 0) is 5.56 Å². The summed E-state index contributed by atoms with van der Waals surface area (Å²) in [6.07, 6.45) is 2.80. The minimum Gasteiger partial charge on any atom is -0.378 e. The van der Waals surface area contributed by atoms with Gasteiger partial charge in [-0.2, -0.15) is 0 Å². The molecule has 0 bridgehead atoms. The Labute approximate surface area is 165 Å². The SMILES string of the molecule is O=C(c1cn2c(n1)CCNCC2)N1CCN2[C@@H](COC[C@@H]2c2ccccc2)C1. The van der Waals surface area contributed by atoms with Crippen molar-refractivity contribution >= 4 is 5.91 Å². The quantitative estimate of drug-likeness (QED) is 0.839. The number of aromatic nitrogens is 2. The first-order valence-corrected chi connectivity index (χ1v) is 10.2. The molecule has 0 unspecified atom stereocenters. The summed E-state index contributed by atoms with van der Waals surface area (Å²) in [7, 11) is 0. The van der Waals surface area contributed by atoms with Crippen molar-refractivity contribution in [2.24, 2.45) is 0 Å². The Morgan fingerprint density at radius 2 is 2.00 bits per heavy atom. The van der Waals surface area contributed by atoms with Crippen molar-refractivity contribution in [3.63, 3.8) is 0 Å². The van der Waals surface area contributed by atoms with E-state index < -0.39 is 0 Å². The van der Waals surface area contributed by atoms with Gasteiger partial charge < -0.3 is 19.5 Å². The van der Waals surface area contributed by atoms with Gasteiger partial charge in [0.2, 0.25) is 0 Å². The van der Waals surface area contributed by atoms with Crippen LogP contribution in [0, 0.1) is 0 Å². The Morgan fingerprint density at radius 3 is 2.89 bits per heavy atom. The van der Waals surface area contributed by atoms with Crippen molar-refractivity contribution in [3.05, 3.63) is 53.6 Å². The number of benzene rings is 1. The molecule has 1 amide bonds. The highest BCUT2D eigenvalue weighted by atomic mass is 16.5. The zero-order valence-electron chi connectivity index (χ0n) is 16.1. The van der Waals surface area contributed by atoms with Gasteiger partial charge in [-0.25, -0.2) is 4.98 Å². The third-order valence-electron chi connectivity index (χ3n) is 6.12. The van der Waals surface area contributed by atoms with Crippen LogP contribution in [0.4, 0.5) is 0 Å². The van der Waals surface area contributed by atoms with E-state index in [4.69, 9.17) is 4.74 Å². The molecule has 3 aliphatic rings. The van der Waals surface area contributed by atoms with Crippen LogP contribution in [-0.4, -0.2) is 77.2 Å². The molecule has 5 rings (SSSR count). The fourth-order valence-electron chi connectivity index (χ4n) is 4.62. The third-order valence-corrected chi connectivity index (χ3v) is 6.12. The number of piperazine rings is 1. The topological polar surface area (TPSA) is 62.6 Å². The van der Waals surface area contributed by atoms with Gasteiger partial charge in [-0.15, -0.1) is 0 Å². The number of ether oxygens (including phenoxy) is 1. The lowest BCUT2D eigenvalue weighted by Gasteiger charge is -2.48. The van der Waals surface area contributed by atoms with Crippen LogP contribution in [0.1, 0.15) is 27.9 Å². The van der Waals surface area contributed by atoms with Crippen molar-refractivity contribution in [3.8, 4) is 0 Å². The molecule has 3 aliphatic heterocycles. The number of morpholine rings is 1. The van der Waals surface area contributed by atoms with Crippen LogP contribution < -0.4 is 5.32 Å². The number of carbonyl (C=O) groups is 1. The van der Waals surface area contributed by atoms with E-state index in [1.54, 1.807) is 0 Å². The first-order valence-electron chi connectivity index (χ1n) is 10.2. The highest BCUT2D eigenvalue weighted by molar-refractivity contribution is 5.92. The van der Waals surface area contributed by atoms with Gasteiger partial charge in [0, 0.05) is 51.9 Å². The number of fused-ring (bicyclic) bond motifs is 2. The number of rotatable bonds is 2. The monoisotopic (exact) mass is 381 g/mol. The van der Waals surface area contributed by atoms with E-state index in [0.29, 0.717) is 18.8 Å². The lowest BCUT2D eigenvalue weighted by atomic mass is 10.00. The first-order chi connectivity index (χ1) is 13.8. The zero-order chi connectivity index (χ0) is 18.9. The van der Waals surface area contributed by atoms with Crippen molar-refractivity contribution in [2.45, 2.75) is 25.0 Å². The molecule has 7 heteroatoms. The number of nitrogens with zero attached hydrogens (tertiary/aromatic N) is 4. The molecule has 1 aromatic carbocycles. The minimum atomic E-state index is 0.0509. The number of nitrogens with one attached hydrogen (secondary N) is 1. The number of carbonyl (C=O) groups excluding carboxylic acids is 1. The Bertz CT molecular complexity index is 813. The molecular formula is C21H27N5O2. The van der Waals surface area contributed by atoms with E-state index in [-0.39, 0.29) is 18.0 Å². The smallest absolute Gasteiger partial charge is 0.274 e. The molecule has 0 radical (unpaired) electrons. The van der Waals surface area contributed by atoms with E-state index >= 15 is 0 Å². The maximum atomic E-state index is 13.1. The highest BCUT2D eigenvalue weighted by Crippen LogP contribution is 2.30. The maximum Gasteiger partial charge on any atom is 0.274 e. The van der Waals surface area contributed by atoms with E-state index in [9.17, 15) is 4.79 Å². The van der Waals surface area contributed by atoms with Gasteiger partial charge in [0.05, 0.1) is 25.3 Å². The Hall–Kier alpha value is -2.22. The molecule has 2 fully saturated rings. The standard InChI is InChI=1S/C21H27N5O2/c27-21(18-13-24-9-8-22-7-6-20(24)23-18)25-10-11-26-17(12-25)14-28-15-19(26)16-4-2-1-3-5-16/h1-5,13,17,19,22H,6-12,14-15H2/t17-,19-/m1/s1. The van der Waals surface area contributed by atoms with Crippen LogP contribution in [0.25, 0.3) is 0 Å². The summed E-state index contributed by atoms with van der Waals surface area (Å²) in [4.78, 5) is 22.2. The molecule has 1 aromatic heterocycles. The third kappa shape index (κ3) is 3.34. The molecule has 0 spiro atoms. The number of amides is 1. The van der Waals surface area contributed by atoms with Crippen LogP contribution >= 0.6 is 0 Å². The minimum absolute atomic E-state index is 0.0509. The molecular weight excluding hydrogens is 354 g/mol. The lowest BCUT2D eigenvalue weighted by molar-refractivity contribution is -0.0770. The molecule has 0 saturated carbocycles. The Morgan fingerprint density at radius 1 is 1.11 bits per heavy atom. The van der Waals surface area contributed by atoms with Gasteiger partial charge >= 0.3 is 0 Å². The first kappa shape index (κ1) is 17.8. The van der Waals surface area contributed by atoms with Crippen LogP contribution in [-0.2, 0) is 17.7 Å². The van der Waals surface area contributed by atoms with Crippen LogP contribution in [0.2, 0.25) is 0 Å². The molecule has 1 N–H and O–H groups in total. The summed E-state index contributed by atoms with van der Waals surface area (Å²) in [5.41, 5.74) is 1.88. The predicted octanol–water partition coefficient (Wildman–Crippen LogP) is 0.927. The fraction of sp³-hybridized carbons (Fsp3) is 0.524. The summed E-state index contributed by atoms with van der Waals surface area (Å²) in [6.45, 7) is 6.43. The second-order valence-electron chi connectivity index (χ2n) is 7.84. The second kappa shape index (κ2) is 7.66. The van der Waals surface area contributed by atoms with Crippen LogP contribution in [0.3, 0.4) is 0 Å². The summed E-state index contributed by atoms with van der Waals surface area (Å²) >= 11 is 0. The van der Waals surface area contributed by atoms with Crippen molar-refractivity contribution in [1.82, 2.24) is 24.7 Å². The summed E-state index contributed by atoms with van der Waals surface area (Å²) in [6, 6.07) is 11.1. The van der Waals surface area contributed by atoms with E-state index in [1.165, 1.54) is 5.56 Å². The maximum absolute atomic E-state index is 13.1. The van der Waals surface area contributed by atoms with Gasteiger partial charge in [0.25, 0.3) is 5.91 Å². The van der Waals surface area contributed by atoms with Gasteiger partial charge in [-0.1, -0.05) is 30.3 Å². The fourth-order valence-corrected chi connectivity index (χ4v) is 4.62. The van der Waals surface area contributed by atoms with Crippen LogP contribution in [0.15, 0.2) is 36.5 Å². The highest BCUT2D eigenvalue weighted by Gasteiger charge is 2.38. The largest absolute Gasteiger partial charge is 0.378 e. The van der Waals surface area contributed by atoms with E-state index in [0.717, 1.165) is 51.6 Å². The molecule has 2 aromatic rings. The predicted molar refractivity (Wildman–Crippen MR) is 105 cm³/mol. The Balaban J connectivity index is 1.30. The van der Waals surface area contributed by atoms with Crippen molar-refractivity contribution in [2.75, 3.05) is 45.9 Å². The molecule has 148 valence electrons. The van der Waals surface area contributed by atoms with Gasteiger partial charge in [-0.3, -0.25) is 9.69 Å². The number of hydrogen-bond donors (Lipinski definition) is 1. The summed E-state index contributed by atoms with van der Waals surface area (Å²) in [5.74, 6) is 1.06. The van der Waals surface area contributed by atoms with Gasteiger partial charge in [0.1, 0.15) is 11.5 Å². The zero-order valence-corrected chi connectivity index (χ0v) is 16.1. The van der Waals surface area contributed by atoms with Crippen molar-refractivity contribution in [1.29, 1.82) is 0 Å². The summed E-state index contributed by atoms with van der Waals surface area (Å²) in [5, 5.41) is 3.37. The Kier molecular flexibility index (Phi) is 4.88. The molecule has 28 heavy (non-hydrogen) atoms. The number of hydrogen-bond acceptors (Lipinski definition) is 5.